The fraction of sp³-hybridized carbons (Fsp3) is 0.909. The van der Waals surface area contributed by atoms with E-state index in [0.29, 0.717) is 13.0 Å². The van der Waals surface area contributed by atoms with E-state index in [-0.39, 0.29) is 24.0 Å². The van der Waals surface area contributed by atoms with E-state index in [1.807, 2.05) is 6.92 Å². The van der Waals surface area contributed by atoms with Crippen LogP contribution in [0.1, 0.15) is 39.0 Å². The lowest BCUT2D eigenvalue weighted by Gasteiger charge is -2.28. The molecule has 88 valence electrons. The van der Waals surface area contributed by atoms with Crippen LogP contribution in [0.5, 0.6) is 0 Å². The minimum Gasteiger partial charge on any atom is -0.391 e. The van der Waals surface area contributed by atoms with Gasteiger partial charge in [-0.05, 0) is 25.3 Å². The molecule has 0 bridgehead atoms. The summed E-state index contributed by atoms with van der Waals surface area (Å²) in [7, 11) is 0. The molecule has 0 spiro atoms. The molecule has 0 aliphatic heterocycles. The third-order valence-electron chi connectivity index (χ3n) is 3.01. The van der Waals surface area contributed by atoms with Crippen molar-refractivity contribution in [1.29, 1.82) is 0 Å². The fourth-order valence-corrected chi connectivity index (χ4v) is 1.95. The Kier molecular flexibility index (Phi) is 5.05. The minimum absolute atomic E-state index is 0.0129. The van der Waals surface area contributed by atoms with E-state index in [2.05, 4.69) is 5.32 Å². The maximum absolute atomic E-state index is 11.5. The predicted molar refractivity (Wildman–Crippen MR) is 59.2 cm³/mol. The van der Waals surface area contributed by atoms with Crippen LogP contribution in [0.2, 0.25) is 0 Å². The van der Waals surface area contributed by atoms with E-state index in [1.54, 1.807) is 0 Å². The van der Waals surface area contributed by atoms with Crippen molar-refractivity contribution in [2.75, 3.05) is 6.54 Å². The quantitative estimate of drug-likeness (QED) is 0.633. The fourth-order valence-electron chi connectivity index (χ4n) is 1.95. The van der Waals surface area contributed by atoms with Crippen LogP contribution in [0.25, 0.3) is 0 Å². The summed E-state index contributed by atoms with van der Waals surface area (Å²) >= 11 is 0. The summed E-state index contributed by atoms with van der Waals surface area (Å²) in [5.74, 6) is 0.227. The lowest BCUT2D eigenvalue weighted by Crippen LogP contribution is -2.45. The Bertz CT molecular complexity index is 209. The summed E-state index contributed by atoms with van der Waals surface area (Å²) in [4.78, 5) is 11.5. The van der Waals surface area contributed by atoms with Gasteiger partial charge in [0, 0.05) is 6.42 Å². The Balaban J connectivity index is 2.29. The molecule has 4 N–H and O–H groups in total. The van der Waals surface area contributed by atoms with Crippen LogP contribution in [-0.2, 0) is 4.79 Å². The van der Waals surface area contributed by atoms with Crippen molar-refractivity contribution in [3.63, 3.8) is 0 Å². The van der Waals surface area contributed by atoms with Crippen molar-refractivity contribution < 1.29 is 9.90 Å². The Morgan fingerprint density at radius 3 is 2.80 bits per heavy atom. The number of rotatable bonds is 4. The molecule has 0 aromatic heterocycles. The molecule has 4 nitrogen and oxygen atoms in total. The molecular formula is C11H22N2O2. The largest absolute Gasteiger partial charge is 0.391 e. The van der Waals surface area contributed by atoms with Gasteiger partial charge >= 0.3 is 0 Å². The molecule has 4 heteroatoms. The number of nitrogens with two attached hydrogens (primary N) is 1. The molecule has 0 aromatic carbocycles. The molecule has 0 radical (unpaired) electrons. The Morgan fingerprint density at radius 2 is 2.20 bits per heavy atom. The van der Waals surface area contributed by atoms with Gasteiger partial charge in [-0.2, -0.15) is 0 Å². The molecule has 0 saturated heterocycles. The molecule has 1 rings (SSSR count). The average molecular weight is 214 g/mol. The van der Waals surface area contributed by atoms with Crippen LogP contribution in [-0.4, -0.2) is 29.7 Å². The van der Waals surface area contributed by atoms with Crippen molar-refractivity contribution in [2.45, 2.75) is 51.2 Å². The van der Waals surface area contributed by atoms with Gasteiger partial charge < -0.3 is 16.2 Å². The molecule has 0 heterocycles. The number of nitrogens with one attached hydrogen (secondary N) is 1. The van der Waals surface area contributed by atoms with Gasteiger partial charge in [-0.3, -0.25) is 4.79 Å². The lowest BCUT2D eigenvalue weighted by molar-refractivity contribution is -0.123. The highest BCUT2D eigenvalue weighted by Crippen LogP contribution is 2.18. The second kappa shape index (κ2) is 6.08. The summed E-state index contributed by atoms with van der Waals surface area (Å²) in [5.41, 5.74) is 5.45. The molecule has 1 amide bonds. The smallest absolute Gasteiger partial charge is 0.220 e. The predicted octanol–water partition coefficient (Wildman–Crippen LogP) is 0.391. The second-order valence-corrected chi connectivity index (χ2v) is 4.57. The van der Waals surface area contributed by atoms with Gasteiger partial charge in [-0.15, -0.1) is 0 Å². The van der Waals surface area contributed by atoms with Gasteiger partial charge in [0.05, 0.1) is 12.1 Å². The molecule has 15 heavy (non-hydrogen) atoms. The van der Waals surface area contributed by atoms with E-state index < -0.39 is 0 Å². The van der Waals surface area contributed by atoms with Crippen molar-refractivity contribution >= 4 is 5.91 Å². The van der Waals surface area contributed by atoms with E-state index in [9.17, 15) is 9.90 Å². The van der Waals surface area contributed by atoms with Gasteiger partial charge in [-0.1, -0.05) is 19.8 Å². The third-order valence-corrected chi connectivity index (χ3v) is 3.01. The van der Waals surface area contributed by atoms with Crippen LogP contribution >= 0.6 is 0 Å². The van der Waals surface area contributed by atoms with E-state index in [1.165, 1.54) is 0 Å². The molecule has 1 saturated carbocycles. The zero-order chi connectivity index (χ0) is 11.3. The van der Waals surface area contributed by atoms with E-state index in [4.69, 9.17) is 5.73 Å². The van der Waals surface area contributed by atoms with Crippen LogP contribution < -0.4 is 11.1 Å². The van der Waals surface area contributed by atoms with E-state index >= 15 is 0 Å². The Hall–Kier alpha value is -0.610. The number of aliphatic hydroxyl groups is 1. The first-order valence-electron chi connectivity index (χ1n) is 5.81. The minimum atomic E-state index is -0.365. The Labute approximate surface area is 91.2 Å². The Morgan fingerprint density at radius 1 is 1.53 bits per heavy atom. The number of carbonyl (C=O) groups is 1. The number of hydrogen-bond acceptors (Lipinski definition) is 3. The first-order chi connectivity index (χ1) is 7.13. The summed E-state index contributed by atoms with van der Waals surface area (Å²) in [6.07, 6.45) is 3.94. The van der Waals surface area contributed by atoms with Crippen LogP contribution in [0.15, 0.2) is 0 Å². The molecule has 1 aliphatic rings. The van der Waals surface area contributed by atoms with Crippen molar-refractivity contribution in [2.24, 2.45) is 11.7 Å². The van der Waals surface area contributed by atoms with Gasteiger partial charge in [-0.25, -0.2) is 0 Å². The summed E-state index contributed by atoms with van der Waals surface area (Å²) in [6.45, 7) is 2.48. The van der Waals surface area contributed by atoms with Crippen molar-refractivity contribution in [3.8, 4) is 0 Å². The SMILES string of the molecule is CC(CN)CC(=O)N[C@@H]1CCCC[C@H]1O. The molecule has 0 aromatic rings. The zero-order valence-electron chi connectivity index (χ0n) is 9.41. The molecule has 1 aliphatic carbocycles. The highest BCUT2D eigenvalue weighted by Gasteiger charge is 2.24. The number of carbonyl (C=O) groups excluding carboxylic acids is 1. The van der Waals surface area contributed by atoms with Crippen LogP contribution in [0, 0.1) is 5.92 Å². The van der Waals surface area contributed by atoms with Crippen molar-refractivity contribution in [3.05, 3.63) is 0 Å². The first kappa shape index (κ1) is 12.5. The van der Waals surface area contributed by atoms with Crippen LogP contribution in [0.3, 0.4) is 0 Å². The first-order valence-corrected chi connectivity index (χ1v) is 5.81. The molecular weight excluding hydrogens is 192 g/mol. The van der Waals surface area contributed by atoms with Gasteiger partial charge in [0.2, 0.25) is 5.91 Å². The summed E-state index contributed by atoms with van der Waals surface area (Å²) in [6, 6.07) is -0.0452. The zero-order valence-corrected chi connectivity index (χ0v) is 9.41. The molecule has 1 unspecified atom stereocenters. The topological polar surface area (TPSA) is 75.4 Å². The standard InChI is InChI=1S/C11H22N2O2/c1-8(7-12)6-11(15)13-9-4-2-3-5-10(9)14/h8-10,14H,2-7,12H2,1H3,(H,13,15)/t8?,9-,10-/m1/s1. The highest BCUT2D eigenvalue weighted by atomic mass is 16.3. The summed E-state index contributed by atoms with van der Waals surface area (Å²) in [5, 5.41) is 12.6. The monoisotopic (exact) mass is 214 g/mol. The van der Waals surface area contributed by atoms with Crippen molar-refractivity contribution in [1.82, 2.24) is 5.32 Å². The van der Waals surface area contributed by atoms with Crippen LogP contribution in [0.4, 0.5) is 0 Å². The number of hydrogen-bond donors (Lipinski definition) is 3. The third kappa shape index (κ3) is 4.18. The molecule has 3 atom stereocenters. The number of amides is 1. The van der Waals surface area contributed by atoms with Gasteiger partial charge in [0.15, 0.2) is 0 Å². The van der Waals surface area contributed by atoms with Gasteiger partial charge in [0.25, 0.3) is 0 Å². The summed E-state index contributed by atoms with van der Waals surface area (Å²) < 4.78 is 0. The average Bonchev–Trinajstić information content (AvgIpc) is 2.21. The maximum atomic E-state index is 11.5. The van der Waals surface area contributed by atoms with Gasteiger partial charge in [0.1, 0.15) is 0 Å². The lowest BCUT2D eigenvalue weighted by atomic mass is 9.92. The highest BCUT2D eigenvalue weighted by molar-refractivity contribution is 5.76. The second-order valence-electron chi connectivity index (χ2n) is 4.57. The van der Waals surface area contributed by atoms with E-state index in [0.717, 1.165) is 25.7 Å². The number of aliphatic hydroxyl groups excluding tert-OH is 1. The normalized spacial score (nSPS) is 28.5. The maximum Gasteiger partial charge on any atom is 0.220 e. The molecule has 1 fully saturated rings.